The van der Waals surface area contributed by atoms with Crippen LogP contribution >= 0.6 is 0 Å². The highest BCUT2D eigenvalue weighted by molar-refractivity contribution is 5.78. The largest absolute Gasteiger partial charge is 0.550 e. The van der Waals surface area contributed by atoms with Crippen LogP contribution in [0.4, 0.5) is 0 Å². The molecule has 1 aromatic rings. The van der Waals surface area contributed by atoms with Gasteiger partial charge in [-0.05, 0) is 25.5 Å². The van der Waals surface area contributed by atoms with Crippen molar-refractivity contribution in [3.05, 3.63) is 29.3 Å². The van der Waals surface area contributed by atoms with Crippen molar-refractivity contribution in [3.63, 3.8) is 0 Å². The number of carboxylic acids is 1. The van der Waals surface area contributed by atoms with Gasteiger partial charge in [0.2, 0.25) is 0 Å². The maximum absolute atomic E-state index is 11.3. The number of aliphatic carboxylic acids is 1. The average molecular weight is 250 g/mol. The van der Waals surface area contributed by atoms with Crippen LogP contribution in [0, 0.1) is 13.8 Å². The molecular weight excluding hydrogens is 234 g/mol. The molecular formula is C13H16NO4-. The number of carbonyl (C=O) groups excluding carboxylic acids is 2. The minimum absolute atomic E-state index is 0.0530. The first-order valence-electron chi connectivity index (χ1n) is 5.65. The first-order chi connectivity index (χ1) is 8.49. The van der Waals surface area contributed by atoms with E-state index in [1.165, 1.54) is 0 Å². The van der Waals surface area contributed by atoms with E-state index in [-0.39, 0.29) is 25.5 Å². The SMILES string of the molecule is Cc1ccc(OCC(=O)NCCC(=O)[O-])c(C)c1. The van der Waals surface area contributed by atoms with Crippen LogP contribution in [0.2, 0.25) is 0 Å². The zero-order valence-corrected chi connectivity index (χ0v) is 10.5. The Labute approximate surface area is 106 Å². The van der Waals surface area contributed by atoms with Crippen LogP contribution in [0.1, 0.15) is 17.5 Å². The predicted octanol–water partition coefficient (Wildman–Crippen LogP) is -0.0616. The number of aryl methyl sites for hydroxylation is 2. The van der Waals surface area contributed by atoms with E-state index in [0.29, 0.717) is 5.75 Å². The zero-order chi connectivity index (χ0) is 13.5. The van der Waals surface area contributed by atoms with Crippen molar-refractivity contribution in [2.24, 2.45) is 0 Å². The Bertz CT molecular complexity index is 443. The third kappa shape index (κ3) is 4.86. The summed E-state index contributed by atoms with van der Waals surface area (Å²) in [7, 11) is 0. The van der Waals surface area contributed by atoms with Crippen molar-refractivity contribution in [2.75, 3.05) is 13.2 Å². The third-order valence-corrected chi connectivity index (χ3v) is 2.34. The number of hydrogen-bond acceptors (Lipinski definition) is 4. The van der Waals surface area contributed by atoms with Crippen molar-refractivity contribution >= 4 is 11.9 Å². The Balaban J connectivity index is 2.36. The number of ether oxygens (including phenoxy) is 1. The Hall–Kier alpha value is -2.04. The van der Waals surface area contributed by atoms with Crippen LogP contribution in [0.25, 0.3) is 0 Å². The summed E-state index contributed by atoms with van der Waals surface area (Å²) in [4.78, 5) is 21.5. The lowest BCUT2D eigenvalue weighted by molar-refractivity contribution is -0.305. The molecule has 18 heavy (non-hydrogen) atoms. The first-order valence-corrected chi connectivity index (χ1v) is 5.65. The van der Waals surface area contributed by atoms with E-state index in [1.54, 1.807) is 6.07 Å². The van der Waals surface area contributed by atoms with Crippen LogP contribution in [0.5, 0.6) is 5.75 Å². The van der Waals surface area contributed by atoms with E-state index in [0.717, 1.165) is 11.1 Å². The molecule has 0 spiro atoms. The normalized spacial score (nSPS) is 9.89. The maximum Gasteiger partial charge on any atom is 0.257 e. The number of rotatable bonds is 6. The predicted molar refractivity (Wildman–Crippen MR) is 64.0 cm³/mol. The molecule has 1 rings (SSSR count). The zero-order valence-electron chi connectivity index (χ0n) is 10.5. The highest BCUT2D eigenvalue weighted by Crippen LogP contribution is 2.18. The summed E-state index contributed by atoms with van der Waals surface area (Å²) in [6, 6.07) is 5.67. The fraction of sp³-hybridized carbons (Fsp3) is 0.385. The van der Waals surface area contributed by atoms with E-state index in [1.807, 2.05) is 26.0 Å². The van der Waals surface area contributed by atoms with E-state index in [9.17, 15) is 14.7 Å². The van der Waals surface area contributed by atoms with Gasteiger partial charge in [-0.2, -0.15) is 0 Å². The van der Waals surface area contributed by atoms with Crippen molar-refractivity contribution in [2.45, 2.75) is 20.3 Å². The molecule has 0 bridgehead atoms. The molecule has 0 fully saturated rings. The van der Waals surface area contributed by atoms with Gasteiger partial charge in [-0.3, -0.25) is 4.79 Å². The molecule has 5 nitrogen and oxygen atoms in total. The fourth-order valence-electron chi connectivity index (χ4n) is 1.46. The summed E-state index contributed by atoms with van der Waals surface area (Å²) in [5.41, 5.74) is 2.08. The lowest BCUT2D eigenvalue weighted by atomic mass is 10.1. The van der Waals surface area contributed by atoms with Crippen molar-refractivity contribution < 1.29 is 19.4 Å². The second-order valence-corrected chi connectivity index (χ2v) is 4.03. The monoisotopic (exact) mass is 250 g/mol. The lowest BCUT2D eigenvalue weighted by Crippen LogP contribution is -2.33. The molecule has 1 amide bonds. The summed E-state index contributed by atoms with van der Waals surface area (Å²) in [5.74, 6) is -0.891. The molecule has 0 aliphatic carbocycles. The van der Waals surface area contributed by atoms with Crippen LogP contribution in [-0.4, -0.2) is 25.0 Å². The molecule has 0 aromatic heterocycles. The number of hydrogen-bond donors (Lipinski definition) is 1. The van der Waals surface area contributed by atoms with Crippen LogP contribution in [0.15, 0.2) is 18.2 Å². The van der Waals surface area contributed by atoms with E-state index in [4.69, 9.17) is 4.74 Å². The number of amides is 1. The molecule has 5 heteroatoms. The Morgan fingerprint density at radius 2 is 2.06 bits per heavy atom. The molecule has 0 aliphatic rings. The summed E-state index contributed by atoms with van der Waals surface area (Å²) in [6.45, 7) is 3.80. The Morgan fingerprint density at radius 3 is 2.67 bits per heavy atom. The standard InChI is InChI=1S/C13H17NO4/c1-9-3-4-11(10(2)7-9)18-8-12(15)14-6-5-13(16)17/h3-4,7H,5-6,8H2,1-2H3,(H,14,15)(H,16,17)/p-1. The summed E-state index contributed by atoms with van der Waals surface area (Å²) in [6.07, 6.45) is -0.199. The molecule has 0 aliphatic heterocycles. The minimum Gasteiger partial charge on any atom is -0.550 e. The molecule has 0 heterocycles. The molecule has 0 radical (unpaired) electrons. The van der Waals surface area contributed by atoms with Gasteiger partial charge in [-0.15, -0.1) is 0 Å². The Kier molecular flexibility index (Phi) is 5.17. The van der Waals surface area contributed by atoms with Crippen LogP contribution in [0.3, 0.4) is 0 Å². The maximum atomic E-state index is 11.3. The van der Waals surface area contributed by atoms with Gasteiger partial charge < -0.3 is 20.0 Å². The molecule has 0 unspecified atom stereocenters. The highest BCUT2D eigenvalue weighted by Gasteiger charge is 2.04. The van der Waals surface area contributed by atoms with Crippen LogP contribution in [-0.2, 0) is 9.59 Å². The fourth-order valence-corrected chi connectivity index (χ4v) is 1.46. The number of nitrogens with one attached hydrogen (secondary N) is 1. The molecule has 1 N–H and O–H groups in total. The van der Waals surface area contributed by atoms with Gasteiger partial charge in [0.25, 0.3) is 5.91 Å². The van der Waals surface area contributed by atoms with Crippen molar-refractivity contribution in [1.82, 2.24) is 5.32 Å². The molecule has 0 saturated carbocycles. The van der Waals surface area contributed by atoms with Gasteiger partial charge in [-0.25, -0.2) is 0 Å². The summed E-state index contributed by atoms with van der Waals surface area (Å²) >= 11 is 0. The second-order valence-electron chi connectivity index (χ2n) is 4.03. The van der Waals surface area contributed by atoms with Crippen molar-refractivity contribution in [1.29, 1.82) is 0 Å². The van der Waals surface area contributed by atoms with E-state index < -0.39 is 5.97 Å². The van der Waals surface area contributed by atoms with Crippen LogP contribution < -0.4 is 15.2 Å². The van der Waals surface area contributed by atoms with E-state index >= 15 is 0 Å². The molecule has 1 aromatic carbocycles. The topological polar surface area (TPSA) is 78.5 Å². The molecule has 98 valence electrons. The van der Waals surface area contributed by atoms with E-state index in [2.05, 4.69) is 5.32 Å². The third-order valence-electron chi connectivity index (χ3n) is 2.34. The summed E-state index contributed by atoms with van der Waals surface area (Å²) in [5, 5.41) is 12.6. The van der Waals surface area contributed by atoms with Gasteiger partial charge in [0, 0.05) is 18.9 Å². The van der Waals surface area contributed by atoms with Gasteiger partial charge in [0.05, 0.1) is 0 Å². The second kappa shape index (κ2) is 6.64. The molecule has 0 atom stereocenters. The number of carbonyl (C=O) groups is 2. The van der Waals surface area contributed by atoms with Gasteiger partial charge in [-0.1, -0.05) is 17.7 Å². The smallest absolute Gasteiger partial charge is 0.257 e. The first kappa shape index (κ1) is 14.0. The lowest BCUT2D eigenvalue weighted by Gasteiger charge is -2.10. The summed E-state index contributed by atoms with van der Waals surface area (Å²) < 4.78 is 5.34. The molecule has 0 saturated heterocycles. The minimum atomic E-state index is -1.19. The Morgan fingerprint density at radius 1 is 1.33 bits per heavy atom. The highest BCUT2D eigenvalue weighted by atomic mass is 16.5. The number of carboxylic acid groups (broad SMARTS) is 1. The number of benzene rings is 1. The quantitative estimate of drug-likeness (QED) is 0.767. The van der Waals surface area contributed by atoms with Gasteiger partial charge in [0.15, 0.2) is 6.61 Å². The van der Waals surface area contributed by atoms with Crippen molar-refractivity contribution in [3.8, 4) is 5.75 Å². The van der Waals surface area contributed by atoms with Gasteiger partial charge in [0.1, 0.15) is 5.75 Å². The van der Waals surface area contributed by atoms with Gasteiger partial charge >= 0.3 is 0 Å². The average Bonchev–Trinajstić information content (AvgIpc) is 2.27.